The first-order valence-corrected chi connectivity index (χ1v) is 6.11. The molecule has 2 atom stereocenters. The lowest BCUT2D eigenvalue weighted by Crippen LogP contribution is -2.52. The third-order valence-electron chi connectivity index (χ3n) is 3.95. The molecule has 1 saturated carbocycles. The van der Waals surface area contributed by atoms with Gasteiger partial charge in [0.15, 0.2) is 0 Å². The highest BCUT2D eigenvalue weighted by Gasteiger charge is 2.43. The van der Waals surface area contributed by atoms with Crippen LogP contribution < -0.4 is 5.32 Å². The second kappa shape index (κ2) is 4.15. The number of nitrogens with zero attached hydrogens (tertiary/aromatic N) is 1. The van der Waals surface area contributed by atoms with Gasteiger partial charge >= 0.3 is 0 Å². The van der Waals surface area contributed by atoms with Crippen LogP contribution in [-0.2, 0) is 0 Å². The van der Waals surface area contributed by atoms with Crippen molar-refractivity contribution in [3.05, 3.63) is 0 Å². The molecule has 1 heterocycles. The predicted molar refractivity (Wildman–Crippen MR) is 63.6 cm³/mol. The Morgan fingerprint density at radius 3 is 2.87 bits per heavy atom. The first-order valence-electron chi connectivity index (χ1n) is 6.11. The molecule has 1 saturated heterocycles. The van der Waals surface area contributed by atoms with Crippen LogP contribution in [-0.4, -0.2) is 36.1 Å². The Bertz CT molecular complexity index is 264. The van der Waals surface area contributed by atoms with Crippen LogP contribution in [0.15, 0.2) is 0 Å². The second-order valence-corrected chi connectivity index (χ2v) is 5.29. The van der Waals surface area contributed by atoms with Crippen LogP contribution in [0.4, 0.5) is 0 Å². The summed E-state index contributed by atoms with van der Waals surface area (Å²) in [5, 5.41) is 3.72. The molecule has 2 aliphatic rings. The van der Waals surface area contributed by atoms with Crippen LogP contribution in [0.3, 0.4) is 0 Å². The van der Waals surface area contributed by atoms with Crippen molar-refractivity contribution >= 4 is 0 Å². The molecule has 0 bridgehead atoms. The fourth-order valence-electron chi connectivity index (χ4n) is 2.64. The summed E-state index contributed by atoms with van der Waals surface area (Å²) in [6, 6.07) is 0.281. The van der Waals surface area contributed by atoms with E-state index < -0.39 is 0 Å². The maximum absolute atomic E-state index is 5.52. The molecule has 0 radical (unpaired) electrons. The van der Waals surface area contributed by atoms with Gasteiger partial charge in [0.1, 0.15) is 0 Å². The van der Waals surface area contributed by atoms with Gasteiger partial charge in [0.25, 0.3) is 0 Å². The molecule has 0 aromatic heterocycles. The number of hydrogen-bond acceptors (Lipinski definition) is 2. The van der Waals surface area contributed by atoms with E-state index in [4.69, 9.17) is 6.42 Å². The molecule has 1 aliphatic heterocycles. The summed E-state index contributed by atoms with van der Waals surface area (Å²) in [4.78, 5) is 2.46. The SMILES string of the molecule is C#CC(C)N1CCCNC(C)(C2CC2)C1. The highest BCUT2D eigenvalue weighted by molar-refractivity contribution is 5.05. The molecule has 1 N–H and O–H groups in total. The Balaban J connectivity index is 2.05. The quantitative estimate of drug-likeness (QED) is 0.688. The summed E-state index contributed by atoms with van der Waals surface area (Å²) in [6.07, 6.45) is 9.52. The average molecular weight is 206 g/mol. The van der Waals surface area contributed by atoms with Crippen molar-refractivity contribution in [1.29, 1.82) is 0 Å². The third kappa shape index (κ3) is 2.35. The van der Waals surface area contributed by atoms with E-state index in [0.717, 1.165) is 25.6 Å². The lowest BCUT2D eigenvalue weighted by atomic mass is 9.95. The van der Waals surface area contributed by atoms with Crippen LogP contribution in [0.1, 0.15) is 33.1 Å². The van der Waals surface area contributed by atoms with Crippen molar-refractivity contribution in [2.24, 2.45) is 5.92 Å². The minimum atomic E-state index is 0.281. The van der Waals surface area contributed by atoms with E-state index >= 15 is 0 Å². The van der Waals surface area contributed by atoms with Crippen LogP contribution in [0.2, 0.25) is 0 Å². The molecule has 0 spiro atoms. The van der Waals surface area contributed by atoms with Crippen molar-refractivity contribution in [1.82, 2.24) is 10.2 Å². The minimum absolute atomic E-state index is 0.281. The van der Waals surface area contributed by atoms with Gasteiger partial charge in [-0.25, -0.2) is 0 Å². The van der Waals surface area contributed by atoms with Crippen LogP contribution >= 0.6 is 0 Å². The number of terminal acetylenes is 1. The largest absolute Gasteiger partial charge is 0.310 e. The normalized spacial score (nSPS) is 35.5. The number of rotatable bonds is 2. The van der Waals surface area contributed by atoms with E-state index in [1.54, 1.807) is 0 Å². The molecule has 2 fully saturated rings. The zero-order valence-electron chi connectivity index (χ0n) is 9.92. The Kier molecular flexibility index (Phi) is 3.04. The van der Waals surface area contributed by atoms with Gasteiger partial charge in [0, 0.05) is 18.6 Å². The number of hydrogen-bond donors (Lipinski definition) is 1. The van der Waals surface area contributed by atoms with Crippen molar-refractivity contribution in [2.75, 3.05) is 19.6 Å². The van der Waals surface area contributed by atoms with Gasteiger partial charge in [-0.2, -0.15) is 0 Å². The van der Waals surface area contributed by atoms with Crippen LogP contribution in [0.25, 0.3) is 0 Å². The van der Waals surface area contributed by atoms with Gasteiger partial charge in [-0.05, 0) is 45.6 Å². The van der Waals surface area contributed by atoms with Crippen LogP contribution in [0.5, 0.6) is 0 Å². The predicted octanol–water partition coefficient (Wildman–Crippen LogP) is 1.47. The molecule has 2 nitrogen and oxygen atoms in total. The van der Waals surface area contributed by atoms with E-state index in [1.165, 1.54) is 19.3 Å². The van der Waals surface area contributed by atoms with Gasteiger partial charge in [-0.15, -0.1) is 6.42 Å². The van der Waals surface area contributed by atoms with Crippen molar-refractivity contribution in [2.45, 2.75) is 44.7 Å². The lowest BCUT2D eigenvalue weighted by molar-refractivity contribution is 0.184. The molecule has 0 amide bonds. The Morgan fingerprint density at radius 2 is 2.27 bits per heavy atom. The molecule has 0 aromatic carbocycles. The molecule has 1 aliphatic carbocycles. The summed E-state index contributed by atoms with van der Waals surface area (Å²) in [5.41, 5.74) is 0.307. The summed E-state index contributed by atoms with van der Waals surface area (Å²) in [7, 11) is 0. The maximum atomic E-state index is 5.52. The molecule has 15 heavy (non-hydrogen) atoms. The van der Waals surface area contributed by atoms with Gasteiger partial charge in [-0.3, -0.25) is 4.90 Å². The highest BCUT2D eigenvalue weighted by atomic mass is 15.2. The first kappa shape index (κ1) is 11.0. The standard InChI is InChI=1S/C13H22N2/c1-4-11(2)15-9-5-8-14-13(3,10-15)12-6-7-12/h1,11-12,14H,5-10H2,2-3H3. The van der Waals surface area contributed by atoms with Crippen molar-refractivity contribution < 1.29 is 0 Å². The maximum Gasteiger partial charge on any atom is 0.0683 e. The average Bonchev–Trinajstić information content (AvgIpc) is 3.02. The second-order valence-electron chi connectivity index (χ2n) is 5.29. The Morgan fingerprint density at radius 1 is 1.53 bits per heavy atom. The molecule has 84 valence electrons. The van der Waals surface area contributed by atoms with Crippen molar-refractivity contribution in [3.63, 3.8) is 0 Å². The van der Waals surface area contributed by atoms with Gasteiger partial charge < -0.3 is 5.32 Å². The molecule has 0 aromatic rings. The zero-order chi connectivity index (χ0) is 10.9. The highest BCUT2D eigenvalue weighted by Crippen LogP contribution is 2.40. The smallest absolute Gasteiger partial charge is 0.0683 e. The van der Waals surface area contributed by atoms with Gasteiger partial charge in [0.05, 0.1) is 6.04 Å². The molecule has 2 rings (SSSR count). The van der Waals surface area contributed by atoms with Crippen LogP contribution in [0, 0.1) is 18.3 Å². The molecule has 2 heteroatoms. The van der Waals surface area contributed by atoms with Crippen molar-refractivity contribution in [3.8, 4) is 12.3 Å². The first-order chi connectivity index (χ1) is 7.15. The Hall–Kier alpha value is -0.520. The zero-order valence-corrected chi connectivity index (χ0v) is 9.92. The van der Waals surface area contributed by atoms with E-state index in [9.17, 15) is 0 Å². The molecular weight excluding hydrogens is 184 g/mol. The van der Waals surface area contributed by atoms with E-state index in [1.807, 2.05) is 0 Å². The summed E-state index contributed by atoms with van der Waals surface area (Å²) < 4.78 is 0. The fourth-order valence-corrected chi connectivity index (χ4v) is 2.64. The summed E-state index contributed by atoms with van der Waals surface area (Å²) in [6.45, 7) is 7.90. The summed E-state index contributed by atoms with van der Waals surface area (Å²) in [5.74, 6) is 3.74. The molecule has 2 unspecified atom stereocenters. The third-order valence-corrected chi connectivity index (χ3v) is 3.95. The number of nitrogens with one attached hydrogen (secondary N) is 1. The monoisotopic (exact) mass is 206 g/mol. The van der Waals surface area contributed by atoms with E-state index in [-0.39, 0.29) is 6.04 Å². The molecular formula is C13H22N2. The van der Waals surface area contributed by atoms with E-state index in [0.29, 0.717) is 5.54 Å². The Labute approximate surface area is 93.4 Å². The fraction of sp³-hybridized carbons (Fsp3) is 0.846. The summed E-state index contributed by atoms with van der Waals surface area (Å²) >= 11 is 0. The van der Waals surface area contributed by atoms with E-state index in [2.05, 4.69) is 30.0 Å². The van der Waals surface area contributed by atoms with Gasteiger partial charge in [0.2, 0.25) is 0 Å². The van der Waals surface area contributed by atoms with Gasteiger partial charge in [-0.1, -0.05) is 5.92 Å². The lowest BCUT2D eigenvalue weighted by Gasteiger charge is -2.35. The topological polar surface area (TPSA) is 15.3 Å². The minimum Gasteiger partial charge on any atom is -0.310 e.